The van der Waals surface area contributed by atoms with E-state index in [-0.39, 0.29) is 23.9 Å². The Kier molecular flexibility index (Phi) is 6.30. The highest BCUT2D eigenvalue weighted by molar-refractivity contribution is 8.77. The van der Waals surface area contributed by atoms with Crippen molar-refractivity contribution in [3.05, 3.63) is 144 Å². The lowest BCUT2D eigenvalue weighted by Crippen LogP contribution is -2.66. The predicted molar refractivity (Wildman–Crippen MR) is 146 cm³/mol. The number of nitrogens with zero attached hydrogens (tertiary/aromatic N) is 2. The van der Waals surface area contributed by atoms with Crippen LogP contribution in [0.3, 0.4) is 0 Å². The van der Waals surface area contributed by atoms with Gasteiger partial charge in [-0.05, 0) is 22.3 Å². The van der Waals surface area contributed by atoms with Crippen LogP contribution in [-0.4, -0.2) is 32.4 Å². The standard InChI is InChI=1S/C30H24N2O2S2/c33-27-30-32(26(23-17-9-3-10-18-23)24-19-11-4-12-20-24)28(34)29(35-36-30)31(27)25(21-13-5-1-6-14-21)22-15-7-2-8-16-22/h1-20,25-26,29-30H/t29-,30+. The van der Waals surface area contributed by atoms with Gasteiger partial charge >= 0.3 is 0 Å². The molecule has 4 nitrogen and oxygen atoms in total. The van der Waals surface area contributed by atoms with Crippen LogP contribution in [0.2, 0.25) is 0 Å². The van der Waals surface area contributed by atoms with E-state index >= 15 is 0 Å². The van der Waals surface area contributed by atoms with Crippen molar-refractivity contribution >= 4 is 33.4 Å². The van der Waals surface area contributed by atoms with Crippen LogP contribution in [-0.2, 0) is 9.59 Å². The third kappa shape index (κ3) is 4.00. The van der Waals surface area contributed by atoms with Gasteiger partial charge in [0.1, 0.15) is 0 Å². The SMILES string of the molecule is O=C1[C@@H]2SS[C@H](C(=O)N2C(c2ccccc2)c2ccccc2)N1C(c1ccccc1)c1ccccc1. The normalized spacial score (nSPS) is 19.4. The molecule has 36 heavy (non-hydrogen) atoms. The maximum absolute atomic E-state index is 14.2. The summed E-state index contributed by atoms with van der Waals surface area (Å²) < 4.78 is 0. The average molecular weight is 509 g/mol. The first-order chi connectivity index (χ1) is 17.7. The van der Waals surface area contributed by atoms with Gasteiger partial charge in [0.05, 0.1) is 12.1 Å². The monoisotopic (exact) mass is 508 g/mol. The molecule has 2 amide bonds. The molecule has 3 aliphatic heterocycles. The van der Waals surface area contributed by atoms with Gasteiger partial charge < -0.3 is 9.80 Å². The number of piperazine rings is 1. The highest BCUT2D eigenvalue weighted by Crippen LogP contribution is 2.53. The van der Waals surface area contributed by atoms with Crippen molar-refractivity contribution in [2.45, 2.75) is 22.8 Å². The molecular formula is C30H24N2O2S2. The molecule has 0 aliphatic carbocycles. The number of benzene rings is 4. The van der Waals surface area contributed by atoms with Crippen LogP contribution in [0.4, 0.5) is 0 Å². The van der Waals surface area contributed by atoms with Gasteiger partial charge in [0.2, 0.25) is 0 Å². The second-order valence-corrected chi connectivity index (χ2v) is 11.3. The van der Waals surface area contributed by atoms with E-state index in [1.54, 1.807) is 0 Å². The summed E-state index contributed by atoms with van der Waals surface area (Å²) >= 11 is 0. The molecule has 178 valence electrons. The molecule has 0 radical (unpaired) electrons. The lowest BCUT2D eigenvalue weighted by atomic mass is 9.94. The van der Waals surface area contributed by atoms with Crippen molar-refractivity contribution in [2.75, 3.05) is 0 Å². The molecular weight excluding hydrogens is 484 g/mol. The largest absolute Gasteiger partial charge is 0.307 e. The molecule has 4 aromatic carbocycles. The fourth-order valence-corrected chi connectivity index (χ4v) is 8.04. The number of carbonyl (C=O) groups is 2. The van der Waals surface area contributed by atoms with Gasteiger partial charge in [-0.15, -0.1) is 0 Å². The average Bonchev–Trinajstić information content (AvgIpc) is 2.94. The van der Waals surface area contributed by atoms with Crippen LogP contribution in [0.25, 0.3) is 0 Å². The van der Waals surface area contributed by atoms with E-state index in [0.29, 0.717) is 0 Å². The topological polar surface area (TPSA) is 40.6 Å². The van der Waals surface area contributed by atoms with Gasteiger partial charge in [0.25, 0.3) is 11.8 Å². The molecule has 0 unspecified atom stereocenters. The van der Waals surface area contributed by atoms with E-state index < -0.39 is 10.7 Å². The smallest absolute Gasteiger partial charge is 0.258 e. The van der Waals surface area contributed by atoms with Crippen molar-refractivity contribution in [1.29, 1.82) is 0 Å². The third-order valence-corrected chi connectivity index (χ3v) is 9.45. The maximum atomic E-state index is 14.2. The van der Waals surface area contributed by atoms with Gasteiger partial charge in [-0.3, -0.25) is 9.59 Å². The molecule has 3 saturated heterocycles. The molecule has 0 N–H and O–H groups in total. The van der Waals surface area contributed by atoms with Crippen molar-refractivity contribution in [1.82, 2.24) is 9.80 Å². The lowest BCUT2D eigenvalue weighted by Gasteiger charge is -2.53. The molecule has 3 fully saturated rings. The fraction of sp³-hybridized carbons (Fsp3) is 0.133. The Bertz CT molecular complexity index is 1170. The second kappa shape index (κ2) is 9.88. The molecule has 2 atom stereocenters. The van der Waals surface area contributed by atoms with E-state index in [4.69, 9.17) is 0 Å². The minimum absolute atomic E-state index is 0.0297. The number of rotatable bonds is 6. The first-order valence-corrected chi connectivity index (χ1v) is 14.2. The summed E-state index contributed by atoms with van der Waals surface area (Å²) in [6.07, 6.45) is 0. The van der Waals surface area contributed by atoms with Gasteiger partial charge in [0.15, 0.2) is 10.7 Å². The molecule has 4 aromatic rings. The van der Waals surface area contributed by atoms with Gasteiger partial charge in [-0.1, -0.05) is 143 Å². The molecule has 7 rings (SSSR count). The summed E-state index contributed by atoms with van der Waals surface area (Å²) in [4.78, 5) is 32.0. The van der Waals surface area contributed by atoms with Crippen molar-refractivity contribution < 1.29 is 9.59 Å². The first kappa shape index (κ1) is 23.0. The minimum Gasteiger partial charge on any atom is -0.307 e. The summed E-state index contributed by atoms with van der Waals surface area (Å²) in [5.74, 6) is -0.0594. The zero-order valence-electron chi connectivity index (χ0n) is 19.4. The van der Waals surface area contributed by atoms with Crippen LogP contribution in [0, 0.1) is 0 Å². The number of fused-ring (bicyclic) bond motifs is 3. The first-order valence-electron chi connectivity index (χ1n) is 11.9. The van der Waals surface area contributed by atoms with E-state index in [1.165, 1.54) is 21.6 Å². The number of carbonyl (C=O) groups excluding carboxylic acids is 2. The van der Waals surface area contributed by atoms with Gasteiger partial charge in [-0.25, -0.2) is 0 Å². The highest BCUT2D eigenvalue weighted by atomic mass is 33.1. The summed E-state index contributed by atoms with van der Waals surface area (Å²) in [5.41, 5.74) is 3.99. The molecule has 3 heterocycles. The van der Waals surface area contributed by atoms with Crippen LogP contribution in [0.1, 0.15) is 34.3 Å². The van der Waals surface area contributed by atoms with Gasteiger partial charge in [-0.2, -0.15) is 0 Å². The Balaban J connectivity index is 1.44. The van der Waals surface area contributed by atoms with E-state index in [9.17, 15) is 9.59 Å². The van der Waals surface area contributed by atoms with Crippen molar-refractivity contribution in [2.24, 2.45) is 0 Å². The Morgan fingerprint density at radius 2 is 0.694 bits per heavy atom. The molecule has 0 spiro atoms. The zero-order chi connectivity index (χ0) is 24.5. The number of amides is 2. The summed E-state index contributed by atoms with van der Waals surface area (Å²) in [7, 11) is 2.99. The maximum Gasteiger partial charge on any atom is 0.258 e. The van der Waals surface area contributed by atoms with Crippen molar-refractivity contribution in [3.63, 3.8) is 0 Å². The lowest BCUT2D eigenvalue weighted by molar-refractivity contribution is -0.157. The Morgan fingerprint density at radius 1 is 0.444 bits per heavy atom. The molecule has 0 aromatic heterocycles. The number of hydrogen-bond acceptors (Lipinski definition) is 4. The Hall–Kier alpha value is -3.48. The molecule has 3 aliphatic rings. The quantitative estimate of drug-likeness (QED) is 0.287. The molecule has 0 saturated carbocycles. The van der Waals surface area contributed by atoms with Crippen molar-refractivity contribution in [3.8, 4) is 0 Å². The van der Waals surface area contributed by atoms with E-state index in [0.717, 1.165) is 22.3 Å². The zero-order valence-corrected chi connectivity index (χ0v) is 21.0. The predicted octanol–water partition coefficient (Wildman–Crippen LogP) is 6.28. The second-order valence-electron chi connectivity index (χ2n) is 8.84. The van der Waals surface area contributed by atoms with Crippen LogP contribution >= 0.6 is 21.6 Å². The summed E-state index contributed by atoms with van der Waals surface area (Å²) in [6, 6.07) is 39.3. The Labute approximate surface area is 218 Å². The summed E-state index contributed by atoms with van der Waals surface area (Å²) in [6.45, 7) is 0. The van der Waals surface area contributed by atoms with Gasteiger partial charge in [0, 0.05) is 0 Å². The third-order valence-electron chi connectivity index (χ3n) is 6.69. The van der Waals surface area contributed by atoms with Crippen LogP contribution in [0.15, 0.2) is 121 Å². The Morgan fingerprint density at radius 3 is 0.944 bits per heavy atom. The number of hydrogen-bond donors (Lipinski definition) is 0. The minimum atomic E-state index is -0.618. The van der Waals surface area contributed by atoms with E-state index in [2.05, 4.69) is 0 Å². The fourth-order valence-electron chi connectivity index (χ4n) is 5.10. The van der Waals surface area contributed by atoms with Crippen LogP contribution in [0.5, 0.6) is 0 Å². The highest BCUT2D eigenvalue weighted by Gasteiger charge is 2.56. The molecule has 6 heteroatoms. The van der Waals surface area contributed by atoms with Crippen LogP contribution < -0.4 is 0 Å². The summed E-state index contributed by atoms with van der Waals surface area (Å²) in [5, 5.41) is -1.24. The van der Waals surface area contributed by atoms with E-state index in [1.807, 2.05) is 131 Å². The molecule has 2 bridgehead atoms.